The molecule has 3 N–H and O–H groups in total. The molecule has 34 heavy (non-hydrogen) atoms. The standard InChI is InChI=1S/C16H15F6N5O.Na.H3O4P/c17-10-6-12(19)11(18)4-8(10)3-9(23)5-14(28)26-1-2-27-13(7-26)24-25-15(27)16(20,21)22;;1-5(2,3)4/h4,6,9H,1-3,5,7,23H2;;(H3,1,2,3,4)/q;+1;/p-2/t9-;;/m1../s1. The Kier molecular flexibility index (Phi) is 10.7. The van der Waals surface area contributed by atoms with Gasteiger partial charge in [-0.25, -0.2) is 13.2 Å². The molecule has 0 fully saturated rings. The van der Waals surface area contributed by atoms with E-state index in [1.807, 2.05) is 0 Å². The van der Waals surface area contributed by atoms with E-state index in [-0.39, 0.29) is 73.4 Å². The molecule has 1 aliphatic heterocycles. The first-order valence-corrected chi connectivity index (χ1v) is 10.5. The number of phosphoric acid groups is 1. The van der Waals surface area contributed by atoms with Crippen LogP contribution in [0.1, 0.15) is 23.6 Å². The maximum absolute atomic E-state index is 13.7. The van der Waals surface area contributed by atoms with Gasteiger partial charge in [-0.05, 0) is 18.1 Å². The number of halogens is 6. The molecule has 2 heterocycles. The molecule has 1 aromatic carbocycles. The van der Waals surface area contributed by atoms with E-state index in [2.05, 4.69) is 10.2 Å². The van der Waals surface area contributed by atoms with Crippen LogP contribution in [0.15, 0.2) is 12.1 Å². The Morgan fingerprint density at radius 3 is 2.26 bits per heavy atom. The summed E-state index contributed by atoms with van der Waals surface area (Å²) in [7, 11) is -5.14. The van der Waals surface area contributed by atoms with Gasteiger partial charge in [0.25, 0.3) is 0 Å². The van der Waals surface area contributed by atoms with Crippen molar-refractivity contribution in [2.45, 2.75) is 38.1 Å². The largest absolute Gasteiger partial charge is 1.00 e. The summed E-state index contributed by atoms with van der Waals surface area (Å²) in [6, 6.07) is 0.184. The number of benzene rings is 1. The number of alkyl halides is 3. The van der Waals surface area contributed by atoms with Gasteiger partial charge in [0.15, 0.2) is 17.5 Å². The summed E-state index contributed by atoms with van der Waals surface area (Å²) in [5.41, 5.74) is 5.64. The van der Waals surface area contributed by atoms with Crippen molar-refractivity contribution >= 4 is 13.7 Å². The van der Waals surface area contributed by atoms with E-state index in [0.717, 1.165) is 4.57 Å². The molecule has 184 valence electrons. The Morgan fingerprint density at radius 1 is 1.15 bits per heavy atom. The van der Waals surface area contributed by atoms with Crippen molar-refractivity contribution in [1.82, 2.24) is 19.7 Å². The van der Waals surface area contributed by atoms with Gasteiger partial charge in [-0.15, -0.1) is 10.2 Å². The molecule has 0 saturated heterocycles. The fourth-order valence-electron chi connectivity index (χ4n) is 3.01. The van der Waals surface area contributed by atoms with E-state index in [1.165, 1.54) is 4.90 Å². The van der Waals surface area contributed by atoms with Crippen LogP contribution in [-0.2, 0) is 35.0 Å². The predicted octanol–water partition coefficient (Wildman–Crippen LogP) is -3.17. The molecule has 0 unspecified atom stereocenters. The molecule has 1 aliphatic rings. The van der Waals surface area contributed by atoms with Crippen LogP contribution in [-0.4, -0.2) is 43.1 Å². The van der Waals surface area contributed by atoms with E-state index < -0.39 is 49.2 Å². The van der Waals surface area contributed by atoms with Gasteiger partial charge in [0.1, 0.15) is 5.82 Å². The number of carbonyl (C=O) groups excluding carboxylic acids is 1. The van der Waals surface area contributed by atoms with E-state index in [1.54, 1.807) is 0 Å². The molecular weight excluding hydrogens is 510 g/mol. The Bertz CT molecular complexity index is 1060. The average Bonchev–Trinajstić information content (AvgIpc) is 3.08. The molecule has 1 atom stereocenters. The molecule has 3 rings (SSSR count). The number of aromatic nitrogens is 3. The topological polar surface area (TPSA) is 160 Å². The number of rotatable bonds is 4. The molecule has 0 spiro atoms. The monoisotopic (exact) mass is 526 g/mol. The summed E-state index contributed by atoms with van der Waals surface area (Å²) in [5.74, 6) is -5.15. The minimum Gasteiger partial charge on any atom is -0.790 e. The molecule has 18 heteroatoms. The smallest absolute Gasteiger partial charge is 0.790 e. The normalized spacial score (nSPS) is 14.5. The van der Waals surface area contributed by atoms with Crippen molar-refractivity contribution in [3.63, 3.8) is 0 Å². The first-order valence-electron chi connectivity index (χ1n) is 8.97. The molecule has 10 nitrogen and oxygen atoms in total. The molecule has 1 amide bonds. The average molecular weight is 526 g/mol. The second-order valence-corrected chi connectivity index (χ2v) is 7.84. The molecule has 0 saturated carbocycles. The van der Waals surface area contributed by atoms with Crippen LogP contribution in [0, 0.1) is 17.5 Å². The number of fused-ring (bicyclic) bond motifs is 1. The van der Waals surface area contributed by atoms with Gasteiger partial charge in [-0.1, -0.05) is 0 Å². The van der Waals surface area contributed by atoms with Gasteiger partial charge >= 0.3 is 35.7 Å². The van der Waals surface area contributed by atoms with Crippen molar-refractivity contribution in [2.75, 3.05) is 6.54 Å². The van der Waals surface area contributed by atoms with Crippen LogP contribution in [0.4, 0.5) is 26.3 Å². The van der Waals surface area contributed by atoms with Crippen molar-refractivity contribution in [1.29, 1.82) is 0 Å². The van der Waals surface area contributed by atoms with Gasteiger partial charge < -0.3 is 34.4 Å². The van der Waals surface area contributed by atoms with Crippen LogP contribution in [0.3, 0.4) is 0 Å². The van der Waals surface area contributed by atoms with Crippen molar-refractivity contribution in [3.8, 4) is 0 Å². The third kappa shape index (κ3) is 8.92. The zero-order valence-electron chi connectivity index (χ0n) is 17.4. The number of amides is 1. The Balaban J connectivity index is 0.000000873. The maximum atomic E-state index is 13.7. The first-order chi connectivity index (χ1) is 15.1. The molecule has 1 aromatic heterocycles. The van der Waals surface area contributed by atoms with E-state index in [0.29, 0.717) is 12.1 Å². The molecule has 0 radical (unpaired) electrons. The molecule has 0 aliphatic carbocycles. The predicted molar refractivity (Wildman–Crippen MR) is 92.9 cm³/mol. The van der Waals surface area contributed by atoms with Crippen LogP contribution >= 0.6 is 7.82 Å². The summed E-state index contributed by atoms with van der Waals surface area (Å²) in [6.45, 7) is -0.302. The zero-order valence-corrected chi connectivity index (χ0v) is 20.3. The van der Waals surface area contributed by atoms with Crippen molar-refractivity contribution < 1.29 is 79.9 Å². The van der Waals surface area contributed by atoms with E-state index in [9.17, 15) is 31.1 Å². The fourth-order valence-corrected chi connectivity index (χ4v) is 3.01. The van der Waals surface area contributed by atoms with Crippen LogP contribution < -0.4 is 45.1 Å². The summed E-state index contributed by atoms with van der Waals surface area (Å²) in [5, 5.41) is 6.60. The number of nitrogens with two attached hydrogens (primary N) is 1. The first kappa shape index (κ1) is 30.5. The van der Waals surface area contributed by atoms with Gasteiger partial charge in [0, 0.05) is 31.6 Å². The minimum atomic E-state index is -5.14. The van der Waals surface area contributed by atoms with Crippen LogP contribution in [0.2, 0.25) is 0 Å². The third-order valence-electron chi connectivity index (χ3n) is 4.37. The van der Waals surface area contributed by atoms with Gasteiger partial charge in [-0.3, -0.25) is 4.79 Å². The SMILES string of the molecule is N[C@@H](CC(=O)N1CCn2c(nnc2C(F)(F)F)C1)Cc1cc(F)c(F)cc1F.O=P([O-])([O-])O.[Na+]. The molecule has 0 bridgehead atoms. The van der Waals surface area contributed by atoms with Gasteiger partial charge in [0.05, 0.1) is 14.4 Å². The maximum Gasteiger partial charge on any atom is 1.00 e. The van der Waals surface area contributed by atoms with E-state index >= 15 is 0 Å². The second-order valence-electron chi connectivity index (χ2n) is 6.90. The Labute approximate surface area is 210 Å². The Morgan fingerprint density at radius 2 is 1.71 bits per heavy atom. The summed E-state index contributed by atoms with van der Waals surface area (Å²) in [6.07, 6.45) is -5.11. The summed E-state index contributed by atoms with van der Waals surface area (Å²) in [4.78, 5) is 37.9. The Hall–Kier alpha value is -1.52. The second kappa shape index (κ2) is 11.9. The zero-order chi connectivity index (χ0) is 25.1. The summed E-state index contributed by atoms with van der Waals surface area (Å²) < 4.78 is 87.9. The quantitative estimate of drug-likeness (QED) is 0.183. The fraction of sp³-hybridized carbons (Fsp3) is 0.438. The van der Waals surface area contributed by atoms with E-state index in [4.69, 9.17) is 25.0 Å². The van der Waals surface area contributed by atoms with Crippen molar-refractivity contribution in [3.05, 3.63) is 46.8 Å². The van der Waals surface area contributed by atoms with Crippen LogP contribution in [0.5, 0.6) is 0 Å². The minimum absolute atomic E-state index is 0. The summed E-state index contributed by atoms with van der Waals surface area (Å²) >= 11 is 0. The third-order valence-corrected chi connectivity index (χ3v) is 4.37. The number of hydrogen-bond donors (Lipinski definition) is 2. The number of hydrogen-bond acceptors (Lipinski definition) is 7. The molecule has 2 aromatic rings. The number of carbonyl (C=O) groups is 1. The van der Waals surface area contributed by atoms with Crippen molar-refractivity contribution in [2.24, 2.45) is 5.73 Å². The van der Waals surface area contributed by atoms with Gasteiger partial charge in [-0.2, -0.15) is 13.2 Å². The molecular formula is C16H16F6N5NaO5P-. The van der Waals surface area contributed by atoms with Crippen LogP contribution in [0.25, 0.3) is 0 Å². The van der Waals surface area contributed by atoms with Gasteiger partial charge in [0.2, 0.25) is 11.7 Å². The number of nitrogens with zero attached hydrogens (tertiary/aromatic N) is 4.